The van der Waals surface area contributed by atoms with Gasteiger partial charge in [-0.2, -0.15) is 13.2 Å². The normalized spacial score (nSPS) is 11.6. The van der Waals surface area contributed by atoms with E-state index in [-0.39, 0.29) is 13.2 Å². The van der Waals surface area contributed by atoms with Crippen molar-refractivity contribution in [2.24, 2.45) is 0 Å². The van der Waals surface area contributed by atoms with E-state index in [0.717, 1.165) is 0 Å². The first-order valence-electron chi connectivity index (χ1n) is 6.38. The number of alkyl halides is 3. The second-order valence-corrected chi connectivity index (χ2v) is 9.81. The Labute approximate surface area is 122 Å². The van der Waals surface area contributed by atoms with Gasteiger partial charge < -0.3 is 14.5 Å². The molecular formula is C12H20F3NO4Si. The second-order valence-electron chi connectivity index (χ2n) is 5.06. The zero-order valence-electron chi connectivity index (χ0n) is 12.7. The Balaban J connectivity index is 6.01. The molecule has 0 fully saturated rings. The lowest BCUT2D eigenvalue weighted by atomic mass is 10.2. The largest absolute Gasteiger partial charge is 0.462 e. The Bertz CT molecular complexity index is 407. The topological polar surface area (TPSA) is 64.6 Å². The first kappa shape index (κ1) is 19.5. The van der Waals surface area contributed by atoms with Gasteiger partial charge in [0, 0.05) is 0 Å². The van der Waals surface area contributed by atoms with Gasteiger partial charge >= 0.3 is 18.1 Å². The van der Waals surface area contributed by atoms with Crippen LogP contribution in [0.4, 0.5) is 13.2 Å². The van der Waals surface area contributed by atoms with E-state index in [1.807, 2.05) is 0 Å². The predicted octanol–water partition coefficient (Wildman–Crippen LogP) is 2.35. The molecule has 0 saturated heterocycles. The number of hydrogen-bond donors (Lipinski definition) is 1. The van der Waals surface area contributed by atoms with E-state index in [0.29, 0.717) is 0 Å². The Hall–Kier alpha value is -1.51. The maximum absolute atomic E-state index is 13.2. The van der Waals surface area contributed by atoms with Crippen LogP contribution in [0.3, 0.4) is 0 Å². The first-order valence-corrected chi connectivity index (χ1v) is 9.88. The number of hydrogen-bond acceptors (Lipinski definition) is 5. The lowest BCUT2D eigenvalue weighted by Crippen LogP contribution is -2.46. The van der Waals surface area contributed by atoms with Crippen LogP contribution in [0.1, 0.15) is 13.8 Å². The van der Waals surface area contributed by atoms with Crippen LogP contribution in [0, 0.1) is 0 Å². The van der Waals surface area contributed by atoms with Crippen LogP contribution in [0.2, 0.25) is 19.6 Å². The van der Waals surface area contributed by atoms with Crippen molar-refractivity contribution in [2.75, 3.05) is 13.2 Å². The van der Waals surface area contributed by atoms with Gasteiger partial charge in [-0.25, -0.2) is 9.59 Å². The smallest absolute Gasteiger partial charge is 0.431 e. The van der Waals surface area contributed by atoms with Gasteiger partial charge in [-0.05, 0) is 13.8 Å². The molecule has 1 N–H and O–H groups in total. The Kier molecular flexibility index (Phi) is 6.94. The van der Waals surface area contributed by atoms with Crippen molar-refractivity contribution >= 4 is 20.2 Å². The predicted molar refractivity (Wildman–Crippen MR) is 72.8 cm³/mol. The number of carbonyl (C=O) groups excluding carboxylic acids is 2. The molecule has 0 spiro atoms. The van der Waals surface area contributed by atoms with Crippen molar-refractivity contribution in [1.82, 2.24) is 4.98 Å². The van der Waals surface area contributed by atoms with Crippen molar-refractivity contribution in [3.05, 3.63) is 11.3 Å². The number of allylic oxidation sites excluding steroid dienone is 1. The highest BCUT2D eigenvalue weighted by molar-refractivity contribution is 6.74. The molecule has 0 aromatic heterocycles. The molecule has 0 aliphatic carbocycles. The van der Waals surface area contributed by atoms with Crippen LogP contribution in [-0.4, -0.2) is 39.6 Å². The summed E-state index contributed by atoms with van der Waals surface area (Å²) in [5, 5.41) is 0. The molecule has 0 bridgehead atoms. The summed E-state index contributed by atoms with van der Waals surface area (Å²) in [6.45, 7) is 7.37. The minimum Gasteiger partial charge on any atom is -0.462 e. The summed E-state index contributed by atoms with van der Waals surface area (Å²) >= 11 is 0. The molecule has 0 aromatic rings. The molecule has 0 rings (SSSR count). The summed E-state index contributed by atoms with van der Waals surface area (Å²) in [5.74, 6) is -2.71. The highest BCUT2D eigenvalue weighted by atomic mass is 28.3. The fourth-order valence-electron chi connectivity index (χ4n) is 1.34. The third-order valence-corrected chi connectivity index (χ3v) is 2.99. The molecule has 122 valence electrons. The summed E-state index contributed by atoms with van der Waals surface area (Å²) in [5.41, 5.74) is -2.55. The molecule has 0 atom stereocenters. The first-order chi connectivity index (χ1) is 9.44. The van der Waals surface area contributed by atoms with Gasteiger partial charge in [0.15, 0.2) is 5.57 Å². The van der Waals surface area contributed by atoms with Gasteiger partial charge in [0.25, 0.3) is 0 Å². The maximum Gasteiger partial charge on any atom is 0.431 e. The number of esters is 2. The monoisotopic (exact) mass is 327 g/mol. The fraction of sp³-hybridized carbons (Fsp3) is 0.667. The van der Waals surface area contributed by atoms with Crippen LogP contribution in [-0.2, 0) is 19.1 Å². The van der Waals surface area contributed by atoms with Gasteiger partial charge in [0.1, 0.15) is 13.9 Å². The molecule has 21 heavy (non-hydrogen) atoms. The average Bonchev–Trinajstić information content (AvgIpc) is 2.25. The third kappa shape index (κ3) is 6.65. The maximum atomic E-state index is 13.2. The van der Waals surface area contributed by atoms with Gasteiger partial charge in [-0.3, -0.25) is 0 Å². The fourth-order valence-corrected chi connectivity index (χ4v) is 2.36. The molecule has 0 aliphatic heterocycles. The molecule has 0 radical (unpaired) electrons. The summed E-state index contributed by atoms with van der Waals surface area (Å²) in [6.07, 6.45) is -4.89. The van der Waals surface area contributed by atoms with E-state index in [9.17, 15) is 22.8 Å². The Morgan fingerprint density at radius 3 is 1.62 bits per heavy atom. The van der Waals surface area contributed by atoms with E-state index in [2.05, 4.69) is 14.5 Å². The van der Waals surface area contributed by atoms with Crippen molar-refractivity contribution in [1.29, 1.82) is 0 Å². The van der Waals surface area contributed by atoms with E-state index in [1.54, 1.807) is 19.6 Å². The van der Waals surface area contributed by atoms with Gasteiger partial charge in [-0.15, -0.1) is 0 Å². The molecule has 0 amide bonds. The van der Waals surface area contributed by atoms with Crippen molar-refractivity contribution in [3.63, 3.8) is 0 Å². The van der Waals surface area contributed by atoms with E-state index < -0.39 is 37.6 Å². The summed E-state index contributed by atoms with van der Waals surface area (Å²) in [4.78, 5) is 25.7. The lowest BCUT2D eigenvalue weighted by Gasteiger charge is -2.25. The molecule has 9 heteroatoms. The number of nitrogens with one attached hydrogen (secondary N) is 1. The van der Waals surface area contributed by atoms with Gasteiger partial charge in [0.2, 0.25) is 0 Å². The van der Waals surface area contributed by atoms with Crippen molar-refractivity contribution in [3.8, 4) is 0 Å². The summed E-state index contributed by atoms with van der Waals surface area (Å²) in [6, 6.07) is 0. The Morgan fingerprint density at radius 2 is 1.38 bits per heavy atom. The number of rotatable bonds is 6. The number of carbonyl (C=O) groups is 2. The van der Waals surface area contributed by atoms with E-state index in [4.69, 9.17) is 0 Å². The lowest BCUT2D eigenvalue weighted by molar-refractivity contribution is -0.148. The van der Waals surface area contributed by atoms with Crippen LogP contribution >= 0.6 is 0 Å². The summed E-state index contributed by atoms with van der Waals surface area (Å²) < 4.78 is 48.6. The standard InChI is InChI=1S/C12H20F3NO4Si/c1-6-19-10(17)8(11(18)20-7-2)9(12(13,14)15)16-21(3,4)5/h16H,6-7H2,1-5H3. The third-order valence-electron chi connectivity index (χ3n) is 1.99. The molecular weight excluding hydrogens is 307 g/mol. The highest BCUT2D eigenvalue weighted by Gasteiger charge is 2.43. The molecule has 0 aromatic carbocycles. The van der Waals surface area contributed by atoms with Gasteiger partial charge in [0.05, 0.1) is 13.2 Å². The highest BCUT2D eigenvalue weighted by Crippen LogP contribution is 2.28. The van der Waals surface area contributed by atoms with Gasteiger partial charge in [-0.1, -0.05) is 19.6 Å². The van der Waals surface area contributed by atoms with Crippen LogP contribution in [0.5, 0.6) is 0 Å². The summed E-state index contributed by atoms with van der Waals surface area (Å²) in [7, 11) is -2.47. The zero-order chi connectivity index (χ0) is 16.8. The minimum atomic E-state index is -4.89. The molecule has 5 nitrogen and oxygen atoms in total. The quantitative estimate of drug-likeness (QED) is 0.267. The molecule has 0 heterocycles. The van der Waals surface area contributed by atoms with Crippen LogP contribution in [0.25, 0.3) is 0 Å². The van der Waals surface area contributed by atoms with Crippen LogP contribution in [0.15, 0.2) is 11.3 Å². The molecule has 0 unspecified atom stereocenters. The van der Waals surface area contributed by atoms with Crippen molar-refractivity contribution < 1.29 is 32.2 Å². The van der Waals surface area contributed by atoms with Crippen molar-refractivity contribution in [2.45, 2.75) is 39.7 Å². The van der Waals surface area contributed by atoms with Crippen LogP contribution < -0.4 is 4.98 Å². The molecule has 0 saturated carbocycles. The van der Waals surface area contributed by atoms with E-state index in [1.165, 1.54) is 13.8 Å². The van der Waals surface area contributed by atoms with E-state index >= 15 is 0 Å². The number of ether oxygens (including phenoxy) is 2. The molecule has 0 aliphatic rings. The minimum absolute atomic E-state index is 0.153. The zero-order valence-corrected chi connectivity index (χ0v) is 13.7. The Morgan fingerprint density at radius 1 is 1.00 bits per heavy atom. The second kappa shape index (κ2) is 7.48. The average molecular weight is 327 g/mol. The SMILES string of the molecule is CCOC(=O)C(C(=O)OCC)=C(N[Si](C)(C)C)C(F)(F)F. The number of halogens is 3.